The lowest BCUT2D eigenvalue weighted by Gasteiger charge is -2.04. The van der Waals surface area contributed by atoms with Gasteiger partial charge in [0.1, 0.15) is 5.82 Å². The lowest BCUT2D eigenvalue weighted by molar-refractivity contribution is 0.632. The second-order valence-corrected chi connectivity index (χ2v) is 3.47. The third kappa shape index (κ3) is 2.42. The minimum atomic E-state index is -0.383. The monoisotopic (exact) mass is 248 g/mol. The van der Waals surface area contributed by atoms with Crippen molar-refractivity contribution in [1.29, 1.82) is 0 Å². The van der Waals surface area contributed by atoms with Crippen LogP contribution in [0.5, 0.6) is 0 Å². The standard InChI is InChI=1S/C7H6BrFN2S/c8-4-1-2-5(9)6(3-4)11-7(10)12/h1-3H,(H3,10,11,12). The summed E-state index contributed by atoms with van der Waals surface area (Å²) in [6.45, 7) is 0. The van der Waals surface area contributed by atoms with Crippen LogP contribution >= 0.6 is 28.1 Å². The van der Waals surface area contributed by atoms with Crippen LogP contribution in [0, 0.1) is 5.82 Å². The van der Waals surface area contributed by atoms with E-state index in [1.54, 1.807) is 12.1 Å². The Morgan fingerprint density at radius 1 is 1.58 bits per heavy atom. The lowest BCUT2D eigenvalue weighted by Crippen LogP contribution is -2.19. The molecule has 1 aromatic carbocycles. The molecular formula is C7H6BrFN2S. The number of halogens is 2. The molecule has 0 heterocycles. The molecular weight excluding hydrogens is 243 g/mol. The fourth-order valence-corrected chi connectivity index (χ4v) is 1.20. The molecule has 0 fully saturated rings. The second kappa shape index (κ2) is 3.82. The number of nitrogens with one attached hydrogen (secondary N) is 1. The molecule has 0 bridgehead atoms. The van der Waals surface area contributed by atoms with E-state index in [1.165, 1.54) is 6.07 Å². The molecule has 5 heteroatoms. The Morgan fingerprint density at radius 3 is 2.83 bits per heavy atom. The van der Waals surface area contributed by atoms with Crippen molar-refractivity contribution in [3.8, 4) is 0 Å². The molecule has 0 atom stereocenters. The van der Waals surface area contributed by atoms with Gasteiger partial charge in [-0.15, -0.1) is 0 Å². The number of hydrogen-bond acceptors (Lipinski definition) is 1. The Kier molecular flexibility index (Phi) is 2.99. The van der Waals surface area contributed by atoms with Crippen LogP contribution in [-0.2, 0) is 0 Å². The lowest BCUT2D eigenvalue weighted by atomic mass is 10.3. The summed E-state index contributed by atoms with van der Waals surface area (Å²) in [5.41, 5.74) is 5.46. The summed E-state index contributed by atoms with van der Waals surface area (Å²) in [5, 5.41) is 2.57. The molecule has 64 valence electrons. The number of thiocarbonyl (C=S) groups is 1. The molecule has 2 nitrogen and oxygen atoms in total. The number of benzene rings is 1. The molecule has 0 radical (unpaired) electrons. The van der Waals surface area contributed by atoms with E-state index in [4.69, 9.17) is 5.73 Å². The minimum Gasteiger partial charge on any atom is -0.376 e. The molecule has 0 aliphatic heterocycles. The molecule has 1 aromatic rings. The third-order valence-electron chi connectivity index (χ3n) is 1.19. The first kappa shape index (κ1) is 9.41. The zero-order valence-electron chi connectivity index (χ0n) is 5.97. The maximum atomic E-state index is 12.9. The smallest absolute Gasteiger partial charge is 0.168 e. The highest BCUT2D eigenvalue weighted by Crippen LogP contribution is 2.19. The van der Waals surface area contributed by atoms with Crippen molar-refractivity contribution in [2.24, 2.45) is 5.73 Å². The van der Waals surface area contributed by atoms with Gasteiger partial charge in [0.15, 0.2) is 5.11 Å². The summed E-state index contributed by atoms with van der Waals surface area (Å²) in [6.07, 6.45) is 0. The Labute approximate surface area is 83.1 Å². The average molecular weight is 249 g/mol. The average Bonchev–Trinajstić information content (AvgIpc) is 1.96. The van der Waals surface area contributed by atoms with Gasteiger partial charge >= 0.3 is 0 Å². The predicted octanol–water partition coefficient (Wildman–Crippen LogP) is 2.24. The van der Waals surface area contributed by atoms with Crippen molar-refractivity contribution < 1.29 is 4.39 Å². The maximum Gasteiger partial charge on any atom is 0.168 e. The van der Waals surface area contributed by atoms with Crippen LogP contribution in [0.3, 0.4) is 0 Å². The zero-order chi connectivity index (χ0) is 9.14. The van der Waals surface area contributed by atoms with Gasteiger partial charge in [0, 0.05) is 4.47 Å². The summed E-state index contributed by atoms with van der Waals surface area (Å²) in [5.74, 6) is -0.383. The van der Waals surface area contributed by atoms with Crippen LogP contribution in [0.25, 0.3) is 0 Å². The van der Waals surface area contributed by atoms with E-state index in [2.05, 4.69) is 33.5 Å². The number of rotatable bonds is 1. The van der Waals surface area contributed by atoms with Crippen molar-refractivity contribution in [3.05, 3.63) is 28.5 Å². The van der Waals surface area contributed by atoms with Crippen LogP contribution in [0.2, 0.25) is 0 Å². The topological polar surface area (TPSA) is 38.0 Å². The molecule has 0 spiro atoms. The van der Waals surface area contributed by atoms with E-state index >= 15 is 0 Å². The van der Waals surface area contributed by atoms with Crippen molar-refractivity contribution in [1.82, 2.24) is 0 Å². The van der Waals surface area contributed by atoms with Crippen LogP contribution in [0.15, 0.2) is 22.7 Å². The van der Waals surface area contributed by atoms with E-state index < -0.39 is 0 Å². The molecule has 0 saturated carbocycles. The van der Waals surface area contributed by atoms with Crippen molar-refractivity contribution >= 4 is 38.9 Å². The van der Waals surface area contributed by atoms with Crippen molar-refractivity contribution in [2.75, 3.05) is 5.32 Å². The highest BCUT2D eigenvalue weighted by atomic mass is 79.9. The van der Waals surface area contributed by atoms with Crippen LogP contribution in [0.4, 0.5) is 10.1 Å². The quantitative estimate of drug-likeness (QED) is 0.749. The molecule has 0 unspecified atom stereocenters. The molecule has 0 aliphatic carbocycles. The van der Waals surface area contributed by atoms with Gasteiger partial charge in [-0.2, -0.15) is 0 Å². The first-order valence-corrected chi connectivity index (χ1v) is 4.31. The SMILES string of the molecule is NC(=S)Nc1cc(Br)ccc1F. The van der Waals surface area contributed by atoms with Gasteiger partial charge in [0.05, 0.1) is 5.69 Å². The largest absolute Gasteiger partial charge is 0.376 e. The molecule has 0 amide bonds. The first-order valence-electron chi connectivity index (χ1n) is 3.11. The van der Waals surface area contributed by atoms with E-state index in [-0.39, 0.29) is 16.6 Å². The molecule has 0 aliphatic rings. The second-order valence-electron chi connectivity index (χ2n) is 2.11. The maximum absolute atomic E-state index is 12.9. The van der Waals surface area contributed by atoms with Crippen LogP contribution < -0.4 is 11.1 Å². The summed E-state index contributed by atoms with van der Waals surface area (Å²) < 4.78 is 13.7. The van der Waals surface area contributed by atoms with E-state index in [9.17, 15) is 4.39 Å². The molecule has 0 saturated heterocycles. The normalized spacial score (nSPS) is 9.50. The van der Waals surface area contributed by atoms with Gasteiger partial charge in [-0.3, -0.25) is 0 Å². The number of nitrogens with two attached hydrogens (primary N) is 1. The summed E-state index contributed by atoms with van der Waals surface area (Å²) in [6, 6.07) is 4.49. The van der Waals surface area contributed by atoms with Gasteiger partial charge in [-0.05, 0) is 30.4 Å². The van der Waals surface area contributed by atoms with Crippen molar-refractivity contribution in [2.45, 2.75) is 0 Å². The molecule has 1 rings (SSSR count). The van der Waals surface area contributed by atoms with Gasteiger partial charge in [-0.1, -0.05) is 15.9 Å². The third-order valence-corrected chi connectivity index (χ3v) is 1.78. The van der Waals surface area contributed by atoms with E-state index in [0.29, 0.717) is 0 Å². The summed E-state index contributed by atoms with van der Waals surface area (Å²) in [4.78, 5) is 0. The summed E-state index contributed by atoms with van der Waals surface area (Å²) in [7, 11) is 0. The first-order chi connectivity index (χ1) is 5.59. The Bertz CT molecular complexity index is 316. The zero-order valence-corrected chi connectivity index (χ0v) is 8.38. The van der Waals surface area contributed by atoms with Crippen LogP contribution in [-0.4, -0.2) is 5.11 Å². The van der Waals surface area contributed by atoms with E-state index in [1.807, 2.05) is 0 Å². The van der Waals surface area contributed by atoms with Gasteiger partial charge in [0.2, 0.25) is 0 Å². The summed E-state index contributed by atoms with van der Waals surface area (Å²) >= 11 is 7.76. The van der Waals surface area contributed by atoms with Gasteiger partial charge in [-0.25, -0.2) is 4.39 Å². The van der Waals surface area contributed by atoms with Gasteiger partial charge in [0.25, 0.3) is 0 Å². The fourth-order valence-electron chi connectivity index (χ4n) is 0.726. The van der Waals surface area contributed by atoms with E-state index in [0.717, 1.165) is 4.47 Å². The predicted molar refractivity (Wildman–Crippen MR) is 54.5 cm³/mol. The van der Waals surface area contributed by atoms with Gasteiger partial charge < -0.3 is 11.1 Å². The Hall–Kier alpha value is -0.680. The number of hydrogen-bond donors (Lipinski definition) is 2. The molecule has 0 aromatic heterocycles. The highest BCUT2D eigenvalue weighted by Gasteiger charge is 2.01. The van der Waals surface area contributed by atoms with Crippen LogP contribution in [0.1, 0.15) is 0 Å². The molecule has 12 heavy (non-hydrogen) atoms. The molecule has 3 N–H and O–H groups in total. The number of anilines is 1. The Morgan fingerprint density at radius 2 is 2.25 bits per heavy atom. The van der Waals surface area contributed by atoms with Crippen molar-refractivity contribution in [3.63, 3.8) is 0 Å². The fraction of sp³-hybridized carbons (Fsp3) is 0. The Balaban J connectivity index is 2.97. The highest BCUT2D eigenvalue weighted by molar-refractivity contribution is 9.10. The minimum absolute atomic E-state index is 0.0481.